The van der Waals surface area contributed by atoms with E-state index < -0.39 is 0 Å². The number of hydrogen-bond acceptors (Lipinski definition) is 3. The molecule has 0 unspecified atom stereocenters. The van der Waals surface area contributed by atoms with E-state index in [1.54, 1.807) is 0 Å². The molecule has 2 aromatic heterocycles. The molecule has 0 radical (unpaired) electrons. The van der Waals surface area contributed by atoms with Gasteiger partial charge in [-0.1, -0.05) is 206 Å². The lowest BCUT2D eigenvalue weighted by molar-refractivity contribution is 0.794. The topological polar surface area (TPSA) is 43.6 Å². The number of hydrogen-bond donors (Lipinski definition) is 0. The van der Waals surface area contributed by atoms with E-state index in [9.17, 15) is 0 Å². The Labute approximate surface area is 394 Å². The summed E-state index contributed by atoms with van der Waals surface area (Å²) in [4.78, 5) is 15.7. The summed E-state index contributed by atoms with van der Waals surface area (Å²) in [5.74, 6) is 1.85. The van der Waals surface area contributed by atoms with Crippen LogP contribution in [0.15, 0.2) is 243 Å². The minimum Gasteiger partial charge on any atom is -0.308 e. The molecule has 0 amide bonds. The lowest BCUT2D eigenvalue weighted by Crippen LogP contribution is -2.25. The van der Waals surface area contributed by atoms with Crippen LogP contribution in [-0.2, 0) is 5.41 Å². The van der Waals surface area contributed by atoms with E-state index in [1.165, 1.54) is 60.8 Å². The molecule has 4 heteroatoms. The Morgan fingerprint density at radius 1 is 0.265 bits per heavy atom. The second kappa shape index (κ2) is 15.0. The fourth-order valence-corrected chi connectivity index (χ4v) is 11.4. The van der Waals surface area contributed by atoms with E-state index >= 15 is 0 Å². The highest BCUT2D eigenvalue weighted by atomic mass is 15.1. The number of fused-ring (bicyclic) bond motifs is 13. The molecule has 0 saturated carbocycles. The minimum absolute atomic E-state index is 0.377. The molecule has 0 N–H and O–H groups in total. The van der Waals surface area contributed by atoms with Crippen molar-refractivity contribution in [3.8, 4) is 84.4 Å². The van der Waals surface area contributed by atoms with Crippen LogP contribution in [0.25, 0.3) is 106 Å². The fraction of sp³-hybridized carbons (Fsp3) is 0.0156. The lowest BCUT2D eigenvalue weighted by Gasteiger charge is -2.30. The van der Waals surface area contributed by atoms with Crippen molar-refractivity contribution in [1.82, 2.24) is 19.5 Å². The molecule has 10 aromatic carbocycles. The second-order valence-corrected chi connectivity index (χ2v) is 17.9. The standard InChI is InChI=1S/C64H40N4/c1-3-18-41(19-4-1)43-22-17-23-46(38-43)62-65-61(42-20-5-2-6-21-42)66-63(67-62)52-28-11-16-33-59(52)68-58-32-15-10-27-50(58)51-36-34-45(40-60(51)68)44-35-37-57-53(39-44)49-26-9-14-31-56(49)64(57)54-29-12-7-24-47(54)48-25-8-13-30-55(48)64/h1-40H. The number of rotatable bonds is 6. The van der Waals surface area contributed by atoms with Crippen LogP contribution in [0, 0.1) is 0 Å². The van der Waals surface area contributed by atoms with Crippen LogP contribution in [0.3, 0.4) is 0 Å². The quantitative estimate of drug-likeness (QED) is 0.167. The van der Waals surface area contributed by atoms with Crippen LogP contribution >= 0.6 is 0 Å². The van der Waals surface area contributed by atoms with E-state index in [0.29, 0.717) is 17.5 Å². The van der Waals surface area contributed by atoms with Crippen molar-refractivity contribution >= 4 is 21.8 Å². The van der Waals surface area contributed by atoms with Crippen molar-refractivity contribution in [2.24, 2.45) is 0 Å². The Balaban J connectivity index is 0.948. The molecule has 0 fully saturated rings. The largest absolute Gasteiger partial charge is 0.308 e. The van der Waals surface area contributed by atoms with Crippen molar-refractivity contribution < 1.29 is 0 Å². The fourth-order valence-electron chi connectivity index (χ4n) is 11.4. The van der Waals surface area contributed by atoms with Crippen LogP contribution in [0.1, 0.15) is 22.3 Å². The van der Waals surface area contributed by atoms with Gasteiger partial charge in [-0.05, 0) is 103 Å². The Bertz CT molecular complexity index is 3930. The van der Waals surface area contributed by atoms with Gasteiger partial charge in [-0.2, -0.15) is 0 Å². The summed E-state index contributed by atoms with van der Waals surface area (Å²) in [6.07, 6.45) is 0. The van der Waals surface area contributed by atoms with Gasteiger partial charge in [0, 0.05) is 27.5 Å². The van der Waals surface area contributed by atoms with Gasteiger partial charge in [-0.3, -0.25) is 0 Å². The maximum absolute atomic E-state index is 5.30. The number of nitrogens with zero attached hydrogens (tertiary/aromatic N) is 4. The smallest absolute Gasteiger partial charge is 0.166 e. The molecule has 12 aromatic rings. The van der Waals surface area contributed by atoms with Gasteiger partial charge in [0.25, 0.3) is 0 Å². The van der Waals surface area contributed by atoms with Crippen molar-refractivity contribution in [1.29, 1.82) is 0 Å². The maximum atomic E-state index is 5.30. The van der Waals surface area contributed by atoms with Crippen molar-refractivity contribution in [2.45, 2.75) is 5.41 Å². The summed E-state index contributed by atoms with van der Waals surface area (Å²) >= 11 is 0. The van der Waals surface area contributed by atoms with Gasteiger partial charge in [0.05, 0.1) is 22.1 Å². The summed E-state index contributed by atoms with van der Waals surface area (Å²) in [5, 5.41) is 2.37. The number of aromatic nitrogens is 4. The number of para-hydroxylation sites is 2. The molecule has 0 atom stereocenters. The van der Waals surface area contributed by atoms with Gasteiger partial charge in [-0.15, -0.1) is 0 Å². The predicted molar refractivity (Wildman–Crippen MR) is 278 cm³/mol. The van der Waals surface area contributed by atoms with Crippen LogP contribution in [0.4, 0.5) is 0 Å². The molecule has 14 rings (SSSR count). The monoisotopic (exact) mass is 864 g/mol. The Morgan fingerprint density at radius 2 is 0.735 bits per heavy atom. The molecule has 316 valence electrons. The zero-order valence-electron chi connectivity index (χ0n) is 36.9. The third-order valence-electron chi connectivity index (χ3n) is 14.3. The van der Waals surface area contributed by atoms with E-state index in [1.807, 2.05) is 24.3 Å². The Morgan fingerprint density at radius 3 is 1.46 bits per heavy atom. The predicted octanol–water partition coefficient (Wildman–Crippen LogP) is 15.6. The highest BCUT2D eigenvalue weighted by molar-refractivity contribution is 6.11. The first kappa shape index (κ1) is 38.3. The molecule has 0 bridgehead atoms. The average Bonchev–Trinajstić information content (AvgIpc) is 4.02. The number of benzene rings is 10. The van der Waals surface area contributed by atoms with Crippen molar-refractivity contribution in [3.05, 3.63) is 265 Å². The van der Waals surface area contributed by atoms with Gasteiger partial charge in [0.1, 0.15) is 0 Å². The first-order chi connectivity index (χ1) is 33.7. The summed E-state index contributed by atoms with van der Waals surface area (Å²) in [5.41, 5.74) is 20.8. The van der Waals surface area contributed by atoms with E-state index in [-0.39, 0.29) is 5.41 Å². The zero-order valence-corrected chi connectivity index (χ0v) is 36.9. The summed E-state index contributed by atoms with van der Waals surface area (Å²) < 4.78 is 2.40. The Kier molecular flexibility index (Phi) is 8.46. The van der Waals surface area contributed by atoms with Gasteiger partial charge in [0.15, 0.2) is 17.5 Å². The van der Waals surface area contributed by atoms with Crippen LogP contribution in [-0.4, -0.2) is 19.5 Å². The van der Waals surface area contributed by atoms with Crippen molar-refractivity contribution in [2.75, 3.05) is 0 Å². The van der Waals surface area contributed by atoms with Gasteiger partial charge in [-0.25, -0.2) is 15.0 Å². The average molecular weight is 865 g/mol. The molecular weight excluding hydrogens is 825 g/mol. The van der Waals surface area contributed by atoms with Crippen molar-refractivity contribution in [3.63, 3.8) is 0 Å². The normalized spacial score (nSPS) is 12.8. The lowest BCUT2D eigenvalue weighted by atomic mass is 9.70. The van der Waals surface area contributed by atoms with Gasteiger partial charge >= 0.3 is 0 Å². The van der Waals surface area contributed by atoms with E-state index in [4.69, 9.17) is 15.0 Å². The van der Waals surface area contributed by atoms with Crippen LogP contribution in [0.2, 0.25) is 0 Å². The SMILES string of the molecule is c1ccc(-c2cccc(-c3nc(-c4ccccc4)nc(-c4ccccc4-n4c5ccccc5c5ccc(-c6ccc7c(c6)-c6ccccc6C76c7ccccc7-c7ccccc76)cc54)n3)c2)cc1. The first-order valence-electron chi connectivity index (χ1n) is 23.3. The summed E-state index contributed by atoms with van der Waals surface area (Å²) in [7, 11) is 0. The zero-order chi connectivity index (χ0) is 44.8. The molecule has 2 aliphatic rings. The third kappa shape index (κ3) is 5.64. The molecule has 1 spiro atoms. The maximum Gasteiger partial charge on any atom is 0.166 e. The van der Waals surface area contributed by atoms with Crippen LogP contribution in [0.5, 0.6) is 0 Å². The first-order valence-corrected chi connectivity index (χ1v) is 23.3. The molecule has 2 heterocycles. The molecule has 0 saturated heterocycles. The molecule has 4 nitrogen and oxygen atoms in total. The van der Waals surface area contributed by atoms with E-state index in [0.717, 1.165) is 50.1 Å². The molecule has 68 heavy (non-hydrogen) atoms. The molecule has 2 aliphatic carbocycles. The van der Waals surface area contributed by atoms with Gasteiger partial charge in [0.2, 0.25) is 0 Å². The highest BCUT2D eigenvalue weighted by Crippen LogP contribution is 2.63. The van der Waals surface area contributed by atoms with Gasteiger partial charge < -0.3 is 4.57 Å². The molecular formula is C64H40N4. The van der Waals surface area contributed by atoms with Crippen LogP contribution < -0.4 is 0 Å². The Hall–Kier alpha value is -8.99. The summed E-state index contributed by atoms with van der Waals surface area (Å²) in [6, 6.07) is 87.5. The summed E-state index contributed by atoms with van der Waals surface area (Å²) in [6.45, 7) is 0. The highest BCUT2D eigenvalue weighted by Gasteiger charge is 2.51. The molecule has 0 aliphatic heterocycles. The minimum atomic E-state index is -0.377. The third-order valence-corrected chi connectivity index (χ3v) is 14.3. The second-order valence-electron chi connectivity index (χ2n) is 17.9. The van der Waals surface area contributed by atoms with E-state index in [2.05, 4.69) is 223 Å².